The van der Waals surface area contributed by atoms with Gasteiger partial charge in [0.2, 0.25) is 5.91 Å². The summed E-state index contributed by atoms with van der Waals surface area (Å²) in [6.07, 6.45) is 1.09. The van der Waals surface area contributed by atoms with E-state index in [4.69, 9.17) is 9.47 Å². The average Bonchev–Trinajstić information content (AvgIpc) is 2.64. The first kappa shape index (κ1) is 21.8. The van der Waals surface area contributed by atoms with Gasteiger partial charge in [0.25, 0.3) is 0 Å². The van der Waals surface area contributed by atoms with Gasteiger partial charge >= 0.3 is 11.9 Å². The normalized spacial score (nSPS) is 11.2. The molecule has 0 radical (unpaired) electrons. The summed E-state index contributed by atoms with van der Waals surface area (Å²) in [5, 5.41) is 19.0. The Bertz CT molecular complexity index is 742. The van der Waals surface area contributed by atoms with E-state index in [-0.39, 0.29) is 36.7 Å². The zero-order chi connectivity index (χ0) is 20.6. The van der Waals surface area contributed by atoms with E-state index in [1.54, 1.807) is 0 Å². The number of carbonyl (C=O) groups is 3. The predicted molar refractivity (Wildman–Crippen MR) is 97.0 cm³/mol. The number of phenols is 2. The Morgan fingerprint density at radius 1 is 1.19 bits per heavy atom. The molecule has 8 nitrogen and oxygen atoms in total. The minimum atomic E-state index is -1.00. The van der Waals surface area contributed by atoms with Gasteiger partial charge < -0.3 is 24.6 Å². The van der Waals surface area contributed by atoms with Gasteiger partial charge in [0.15, 0.2) is 11.5 Å². The second-order valence-corrected chi connectivity index (χ2v) is 5.78. The molecule has 8 heteroatoms. The number of ether oxygens (including phenoxy) is 2. The van der Waals surface area contributed by atoms with Gasteiger partial charge in [-0.1, -0.05) is 19.2 Å². The maximum atomic E-state index is 12.4. The van der Waals surface area contributed by atoms with Crippen LogP contribution in [0.25, 0.3) is 0 Å². The van der Waals surface area contributed by atoms with Gasteiger partial charge in [-0.25, -0.2) is 9.59 Å². The van der Waals surface area contributed by atoms with Crippen LogP contribution in [0, 0.1) is 0 Å². The number of hydrogen-bond donors (Lipinski definition) is 2. The molecule has 1 amide bonds. The quantitative estimate of drug-likeness (QED) is 0.289. The zero-order valence-corrected chi connectivity index (χ0v) is 15.3. The second-order valence-electron chi connectivity index (χ2n) is 5.78. The van der Waals surface area contributed by atoms with E-state index < -0.39 is 23.9 Å². The Morgan fingerprint density at radius 3 is 2.37 bits per heavy atom. The Morgan fingerprint density at radius 2 is 1.81 bits per heavy atom. The van der Waals surface area contributed by atoms with Crippen LogP contribution in [0.2, 0.25) is 0 Å². The average molecular weight is 377 g/mol. The highest BCUT2D eigenvalue weighted by Crippen LogP contribution is 2.26. The van der Waals surface area contributed by atoms with Gasteiger partial charge in [0, 0.05) is 19.0 Å². The highest BCUT2D eigenvalue weighted by Gasteiger charge is 2.28. The standard InChI is InChI=1S/C19H23NO7/c1-5-17(23)20(4)14(10-13-6-7-15(21)16(22)11-13)19(25)27-9-8-26-18(24)12(2)3/h5-7,11,14,21-22H,1-2,8-10H2,3-4H3. The van der Waals surface area contributed by atoms with Crippen molar-refractivity contribution in [2.45, 2.75) is 19.4 Å². The Kier molecular flexibility index (Phi) is 8.06. The lowest BCUT2D eigenvalue weighted by Gasteiger charge is -2.25. The molecule has 0 aromatic heterocycles. The van der Waals surface area contributed by atoms with Crippen molar-refractivity contribution < 1.29 is 34.1 Å². The number of esters is 2. The Hall–Kier alpha value is -3.29. The first-order chi connectivity index (χ1) is 12.7. The number of likely N-dealkylation sites (N-methyl/N-ethyl adjacent to an activating group) is 1. The molecule has 1 aromatic rings. The number of amides is 1. The second kappa shape index (κ2) is 10.0. The van der Waals surface area contributed by atoms with Crippen molar-refractivity contribution in [3.05, 3.63) is 48.6 Å². The summed E-state index contributed by atoms with van der Waals surface area (Å²) in [4.78, 5) is 36.8. The maximum absolute atomic E-state index is 12.4. The van der Waals surface area contributed by atoms with E-state index in [0.717, 1.165) is 11.0 Å². The number of rotatable bonds is 9. The smallest absolute Gasteiger partial charge is 0.333 e. The van der Waals surface area contributed by atoms with Crippen LogP contribution in [0.15, 0.2) is 43.0 Å². The van der Waals surface area contributed by atoms with E-state index in [1.165, 1.54) is 32.2 Å². The number of carbonyl (C=O) groups excluding carboxylic acids is 3. The molecular formula is C19H23NO7. The molecule has 0 aliphatic rings. The molecule has 0 aliphatic carbocycles. The van der Waals surface area contributed by atoms with Gasteiger partial charge in [-0.3, -0.25) is 4.79 Å². The van der Waals surface area contributed by atoms with Gasteiger partial charge in [0.1, 0.15) is 19.3 Å². The fourth-order valence-electron chi connectivity index (χ4n) is 2.09. The van der Waals surface area contributed by atoms with Gasteiger partial charge in [-0.2, -0.15) is 0 Å². The monoisotopic (exact) mass is 377 g/mol. The molecule has 27 heavy (non-hydrogen) atoms. The number of hydrogen-bond acceptors (Lipinski definition) is 7. The highest BCUT2D eigenvalue weighted by molar-refractivity contribution is 5.91. The third-order valence-corrected chi connectivity index (χ3v) is 3.64. The van der Waals surface area contributed by atoms with Crippen LogP contribution < -0.4 is 0 Å². The van der Waals surface area contributed by atoms with Crippen LogP contribution in [0.3, 0.4) is 0 Å². The van der Waals surface area contributed by atoms with Crippen molar-refractivity contribution in [1.29, 1.82) is 0 Å². The first-order valence-electron chi connectivity index (χ1n) is 8.06. The molecular weight excluding hydrogens is 354 g/mol. The fourth-order valence-corrected chi connectivity index (χ4v) is 2.09. The molecule has 1 aromatic carbocycles. The van der Waals surface area contributed by atoms with E-state index in [9.17, 15) is 24.6 Å². The lowest BCUT2D eigenvalue weighted by atomic mass is 10.0. The van der Waals surface area contributed by atoms with Gasteiger partial charge in [-0.05, 0) is 30.7 Å². The molecule has 0 bridgehead atoms. The molecule has 2 N–H and O–H groups in total. The van der Waals surface area contributed by atoms with E-state index in [0.29, 0.717) is 5.56 Å². The SMILES string of the molecule is C=CC(=O)N(C)C(Cc1ccc(O)c(O)c1)C(=O)OCCOC(=O)C(=C)C. The summed E-state index contributed by atoms with van der Waals surface area (Å²) >= 11 is 0. The molecule has 0 spiro atoms. The molecule has 0 fully saturated rings. The molecule has 1 atom stereocenters. The zero-order valence-electron chi connectivity index (χ0n) is 15.3. The van der Waals surface area contributed by atoms with Crippen LogP contribution in [-0.4, -0.2) is 59.3 Å². The van der Waals surface area contributed by atoms with E-state index >= 15 is 0 Å². The Labute approximate surface area is 157 Å². The maximum Gasteiger partial charge on any atom is 0.333 e. The number of phenolic OH excluding ortho intramolecular Hbond substituents is 2. The number of benzene rings is 1. The molecule has 0 aliphatic heterocycles. The summed E-state index contributed by atoms with van der Waals surface area (Å²) in [6, 6.07) is 3.07. The van der Waals surface area contributed by atoms with Crippen molar-refractivity contribution in [2.75, 3.05) is 20.3 Å². The molecule has 146 valence electrons. The van der Waals surface area contributed by atoms with Crippen LogP contribution in [0.4, 0.5) is 0 Å². The molecule has 0 saturated carbocycles. The molecule has 0 heterocycles. The lowest BCUT2D eigenvalue weighted by molar-refractivity contribution is -0.156. The largest absolute Gasteiger partial charge is 0.504 e. The van der Waals surface area contributed by atoms with Crippen molar-refractivity contribution in [3.63, 3.8) is 0 Å². The van der Waals surface area contributed by atoms with Crippen molar-refractivity contribution in [1.82, 2.24) is 4.90 Å². The molecule has 1 rings (SSSR count). The summed E-state index contributed by atoms with van der Waals surface area (Å²) in [5.74, 6) is -2.45. The van der Waals surface area contributed by atoms with Crippen molar-refractivity contribution in [3.8, 4) is 11.5 Å². The van der Waals surface area contributed by atoms with Gasteiger partial charge in [0.05, 0.1) is 0 Å². The minimum absolute atomic E-state index is 0.0360. The molecule has 0 saturated heterocycles. The number of aromatic hydroxyl groups is 2. The topological polar surface area (TPSA) is 113 Å². The van der Waals surface area contributed by atoms with Crippen LogP contribution >= 0.6 is 0 Å². The minimum Gasteiger partial charge on any atom is -0.504 e. The van der Waals surface area contributed by atoms with Crippen molar-refractivity contribution in [2.24, 2.45) is 0 Å². The van der Waals surface area contributed by atoms with Gasteiger partial charge in [-0.15, -0.1) is 0 Å². The van der Waals surface area contributed by atoms with Crippen LogP contribution in [0.1, 0.15) is 12.5 Å². The third-order valence-electron chi connectivity index (χ3n) is 3.64. The fraction of sp³-hybridized carbons (Fsp3) is 0.316. The first-order valence-corrected chi connectivity index (χ1v) is 8.06. The van der Waals surface area contributed by atoms with Crippen LogP contribution in [-0.2, 0) is 30.3 Å². The van der Waals surface area contributed by atoms with E-state index in [2.05, 4.69) is 13.2 Å². The highest BCUT2D eigenvalue weighted by atomic mass is 16.6. The molecule has 1 unspecified atom stereocenters. The van der Waals surface area contributed by atoms with Crippen molar-refractivity contribution >= 4 is 17.8 Å². The summed E-state index contributed by atoms with van der Waals surface area (Å²) in [7, 11) is 1.41. The predicted octanol–water partition coefficient (Wildman–Crippen LogP) is 1.32. The summed E-state index contributed by atoms with van der Waals surface area (Å²) in [5.41, 5.74) is 0.729. The summed E-state index contributed by atoms with van der Waals surface area (Å²) in [6.45, 7) is 7.98. The van der Waals surface area contributed by atoms with E-state index in [1.807, 2.05) is 0 Å². The Balaban J connectivity index is 2.81. The third kappa shape index (κ3) is 6.50. The number of nitrogens with zero attached hydrogens (tertiary/aromatic N) is 1. The summed E-state index contributed by atoms with van der Waals surface area (Å²) < 4.78 is 9.93. The lowest BCUT2D eigenvalue weighted by Crippen LogP contribution is -2.44. The van der Waals surface area contributed by atoms with Crippen LogP contribution in [0.5, 0.6) is 11.5 Å².